The average Bonchev–Trinajstić information content (AvgIpc) is 3.48. The van der Waals surface area contributed by atoms with Crippen LogP contribution in [0, 0.1) is 0 Å². The Balaban J connectivity index is 1.52. The van der Waals surface area contributed by atoms with Crippen molar-refractivity contribution >= 4 is 45.9 Å². The number of thiazole rings is 1. The molecule has 3 heterocycles. The van der Waals surface area contributed by atoms with Gasteiger partial charge in [0.05, 0.1) is 35.6 Å². The summed E-state index contributed by atoms with van der Waals surface area (Å²) in [6.07, 6.45) is 3.96. The van der Waals surface area contributed by atoms with E-state index in [4.69, 9.17) is 26.1 Å². The Kier molecular flexibility index (Phi) is 7.58. The van der Waals surface area contributed by atoms with Gasteiger partial charge in [0.2, 0.25) is 0 Å². The first-order valence-corrected chi connectivity index (χ1v) is 14.7. The number of ether oxygens (including phenoxy) is 2. The molecule has 1 aliphatic heterocycles. The average molecular weight is 598 g/mol. The Morgan fingerprint density at radius 3 is 2.69 bits per heavy atom. The van der Waals surface area contributed by atoms with Gasteiger partial charge in [-0.3, -0.25) is 9.36 Å². The predicted octanol–water partition coefficient (Wildman–Crippen LogP) is 5.46. The van der Waals surface area contributed by atoms with E-state index in [1.165, 1.54) is 11.3 Å². The smallest absolute Gasteiger partial charge is 0.338 e. The van der Waals surface area contributed by atoms with Gasteiger partial charge < -0.3 is 14.0 Å². The highest BCUT2D eigenvalue weighted by Crippen LogP contribution is 2.32. The molecule has 0 spiro atoms. The van der Waals surface area contributed by atoms with Gasteiger partial charge in [0.15, 0.2) is 4.80 Å². The summed E-state index contributed by atoms with van der Waals surface area (Å²) in [5.41, 5.74) is 4.40. The minimum atomic E-state index is -0.707. The highest BCUT2D eigenvalue weighted by Gasteiger charge is 2.33. The zero-order chi connectivity index (χ0) is 29.4. The predicted molar refractivity (Wildman–Crippen MR) is 166 cm³/mol. The molecule has 0 fully saturated rings. The molecule has 1 atom stereocenters. The Morgan fingerprint density at radius 2 is 1.90 bits per heavy atom. The van der Waals surface area contributed by atoms with Crippen molar-refractivity contribution in [3.8, 4) is 5.75 Å². The first-order chi connectivity index (χ1) is 20.4. The topological polar surface area (TPSA) is 74.8 Å². The third-order valence-corrected chi connectivity index (χ3v) is 8.49. The van der Waals surface area contributed by atoms with Crippen LogP contribution in [0.4, 0.5) is 0 Å². The maximum Gasteiger partial charge on any atom is 0.338 e. The summed E-state index contributed by atoms with van der Waals surface area (Å²) in [7, 11) is 1.58. The van der Waals surface area contributed by atoms with Crippen LogP contribution >= 0.6 is 22.9 Å². The van der Waals surface area contributed by atoms with E-state index in [9.17, 15) is 9.59 Å². The number of para-hydroxylation sites is 1. The SMILES string of the molecule is CCOC(=O)C1=C(C)N=c2s/c(=C\c3cn(Cc4cccc(Cl)c4)c4ccccc34)c(=O)n2[C@H]1c1cccc(OC)c1. The number of carbonyl (C=O) groups is 1. The number of fused-ring (bicyclic) bond motifs is 2. The zero-order valence-corrected chi connectivity index (χ0v) is 24.9. The van der Waals surface area contributed by atoms with E-state index < -0.39 is 12.0 Å². The molecule has 0 radical (unpaired) electrons. The monoisotopic (exact) mass is 597 g/mol. The maximum atomic E-state index is 14.1. The summed E-state index contributed by atoms with van der Waals surface area (Å²) in [5, 5.41) is 1.71. The largest absolute Gasteiger partial charge is 0.497 e. The fraction of sp³-hybridized carbons (Fsp3) is 0.182. The molecule has 0 saturated heterocycles. The molecule has 5 aromatic rings. The van der Waals surface area contributed by atoms with Gasteiger partial charge in [-0.05, 0) is 61.4 Å². The second-order valence-electron chi connectivity index (χ2n) is 9.94. The van der Waals surface area contributed by atoms with Gasteiger partial charge in [0, 0.05) is 34.2 Å². The van der Waals surface area contributed by atoms with Crippen LogP contribution < -0.4 is 19.6 Å². The maximum absolute atomic E-state index is 14.1. The van der Waals surface area contributed by atoms with Crippen LogP contribution in [-0.4, -0.2) is 28.8 Å². The van der Waals surface area contributed by atoms with Crippen LogP contribution in [0.25, 0.3) is 17.0 Å². The summed E-state index contributed by atoms with van der Waals surface area (Å²) in [5.74, 6) is 0.130. The molecular formula is C33H28ClN3O4S. The molecule has 0 bridgehead atoms. The number of halogens is 1. The molecule has 3 aromatic carbocycles. The Morgan fingerprint density at radius 1 is 1.10 bits per heavy atom. The molecule has 9 heteroatoms. The lowest BCUT2D eigenvalue weighted by Gasteiger charge is -2.25. The zero-order valence-electron chi connectivity index (χ0n) is 23.3. The van der Waals surface area contributed by atoms with Gasteiger partial charge in [-0.1, -0.05) is 65.4 Å². The first-order valence-electron chi connectivity index (χ1n) is 13.5. The van der Waals surface area contributed by atoms with Crippen molar-refractivity contribution in [2.24, 2.45) is 4.99 Å². The molecule has 0 N–H and O–H groups in total. The molecule has 0 amide bonds. The number of nitrogens with zero attached hydrogens (tertiary/aromatic N) is 3. The third-order valence-electron chi connectivity index (χ3n) is 7.27. The van der Waals surface area contributed by atoms with E-state index in [0.29, 0.717) is 37.9 Å². The van der Waals surface area contributed by atoms with Gasteiger partial charge >= 0.3 is 5.97 Å². The van der Waals surface area contributed by atoms with Crippen LogP contribution in [0.3, 0.4) is 0 Å². The second kappa shape index (κ2) is 11.5. The Labute approximate surface area is 251 Å². The van der Waals surface area contributed by atoms with Crippen LogP contribution in [-0.2, 0) is 16.1 Å². The number of methoxy groups -OCH3 is 1. The number of carbonyl (C=O) groups excluding carboxylic acids is 1. The standard InChI is InChI=1S/C33H28ClN3O4S/c1-4-41-32(39)29-20(2)35-33-37(30(29)22-10-8-12-25(16-22)40-3)31(38)28(42-33)17-23-19-36(27-14-6-5-13-26(23)27)18-21-9-7-11-24(34)15-21/h5-17,19,30H,4,18H2,1-3H3/b28-17-/t30-/m0/s1. The molecule has 0 unspecified atom stereocenters. The molecule has 212 valence electrons. The summed E-state index contributed by atoms with van der Waals surface area (Å²) in [4.78, 5) is 32.5. The van der Waals surface area contributed by atoms with Crippen LogP contribution in [0.1, 0.15) is 36.6 Å². The normalized spacial score (nSPS) is 15.0. The fourth-order valence-electron chi connectivity index (χ4n) is 5.41. The van der Waals surface area contributed by atoms with Crippen molar-refractivity contribution in [1.29, 1.82) is 0 Å². The van der Waals surface area contributed by atoms with E-state index in [1.807, 2.05) is 66.7 Å². The van der Waals surface area contributed by atoms with Crippen molar-refractivity contribution in [2.75, 3.05) is 13.7 Å². The fourth-order valence-corrected chi connectivity index (χ4v) is 6.66. The molecular weight excluding hydrogens is 570 g/mol. The number of benzene rings is 3. The lowest BCUT2D eigenvalue weighted by atomic mass is 9.95. The highest BCUT2D eigenvalue weighted by atomic mass is 35.5. The summed E-state index contributed by atoms with van der Waals surface area (Å²) in [6.45, 7) is 4.38. The van der Waals surface area contributed by atoms with E-state index in [1.54, 1.807) is 25.5 Å². The highest BCUT2D eigenvalue weighted by molar-refractivity contribution is 7.07. The number of esters is 1. The van der Waals surface area contributed by atoms with Gasteiger partial charge in [0.1, 0.15) is 5.75 Å². The first kappa shape index (κ1) is 27.8. The van der Waals surface area contributed by atoms with Crippen molar-refractivity contribution in [1.82, 2.24) is 9.13 Å². The van der Waals surface area contributed by atoms with Crippen LogP contribution in [0.15, 0.2) is 100 Å². The lowest BCUT2D eigenvalue weighted by Crippen LogP contribution is -2.39. The van der Waals surface area contributed by atoms with E-state index in [2.05, 4.69) is 22.9 Å². The quantitative estimate of drug-likeness (QED) is 0.233. The van der Waals surface area contributed by atoms with E-state index in [0.717, 1.165) is 27.6 Å². The summed E-state index contributed by atoms with van der Waals surface area (Å²) >= 11 is 7.54. The number of rotatable bonds is 7. The minimum Gasteiger partial charge on any atom is -0.497 e. The lowest BCUT2D eigenvalue weighted by molar-refractivity contribution is -0.139. The van der Waals surface area contributed by atoms with Crippen molar-refractivity contribution in [3.63, 3.8) is 0 Å². The number of aromatic nitrogens is 2. The van der Waals surface area contributed by atoms with Gasteiger partial charge in [-0.15, -0.1) is 0 Å². The van der Waals surface area contributed by atoms with Gasteiger partial charge in [-0.25, -0.2) is 9.79 Å². The molecule has 42 heavy (non-hydrogen) atoms. The van der Waals surface area contributed by atoms with Crippen LogP contribution in [0.2, 0.25) is 5.02 Å². The molecule has 1 aliphatic rings. The van der Waals surface area contributed by atoms with Crippen molar-refractivity contribution in [3.05, 3.63) is 132 Å². The van der Waals surface area contributed by atoms with Gasteiger partial charge in [-0.2, -0.15) is 0 Å². The summed E-state index contributed by atoms with van der Waals surface area (Å²) in [6, 6.07) is 22.6. The van der Waals surface area contributed by atoms with Crippen molar-refractivity contribution in [2.45, 2.75) is 26.4 Å². The number of allylic oxidation sites excluding steroid dienone is 1. The van der Waals surface area contributed by atoms with Crippen LogP contribution in [0.5, 0.6) is 5.75 Å². The second-order valence-corrected chi connectivity index (χ2v) is 11.4. The number of hydrogen-bond acceptors (Lipinski definition) is 6. The van der Waals surface area contributed by atoms with E-state index in [-0.39, 0.29) is 12.2 Å². The Hall–Kier alpha value is -4.40. The molecule has 2 aromatic heterocycles. The third kappa shape index (κ3) is 5.08. The summed E-state index contributed by atoms with van der Waals surface area (Å²) < 4.78 is 15.1. The number of hydrogen-bond donors (Lipinski definition) is 0. The van der Waals surface area contributed by atoms with Gasteiger partial charge in [0.25, 0.3) is 5.56 Å². The molecule has 7 nitrogen and oxygen atoms in total. The molecule has 6 rings (SSSR count). The molecule has 0 saturated carbocycles. The Bertz CT molecular complexity index is 2050. The van der Waals surface area contributed by atoms with Crippen molar-refractivity contribution < 1.29 is 14.3 Å². The minimum absolute atomic E-state index is 0.212. The molecule has 0 aliphatic carbocycles. The van der Waals surface area contributed by atoms with E-state index >= 15 is 0 Å².